The first kappa shape index (κ1) is 15.4. The molecule has 1 saturated heterocycles. The molecule has 0 aromatic heterocycles. The largest absolute Gasteiger partial charge is 0.394 e. The van der Waals surface area contributed by atoms with Gasteiger partial charge in [-0.25, -0.2) is 0 Å². The van der Waals surface area contributed by atoms with Crippen LogP contribution in [0, 0.1) is 5.92 Å². The number of rotatable bonds is 6. The number of hydrogen-bond donors (Lipinski definition) is 2. The van der Waals surface area contributed by atoms with E-state index in [0.717, 1.165) is 31.7 Å². The van der Waals surface area contributed by atoms with Crippen molar-refractivity contribution >= 4 is 0 Å². The molecule has 1 fully saturated rings. The van der Waals surface area contributed by atoms with Gasteiger partial charge in [0.15, 0.2) is 0 Å². The molecule has 0 amide bonds. The van der Waals surface area contributed by atoms with Crippen molar-refractivity contribution in [2.24, 2.45) is 11.7 Å². The van der Waals surface area contributed by atoms with Gasteiger partial charge in [0.1, 0.15) is 0 Å². The van der Waals surface area contributed by atoms with E-state index >= 15 is 0 Å². The van der Waals surface area contributed by atoms with Gasteiger partial charge in [-0.3, -0.25) is 0 Å². The fourth-order valence-electron chi connectivity index (χ4n) is 2.94. The summed E-state index contributed by atoms with van der Waals surface area (Å²) < 4.78 is 5.52. The molecule has 1 heterocycles. The molecule has 1 aromatic carbocycles. The third-order valence-electron chi connectivity index (χ3n) is 4.01. The third-order valence-corrected chi connectivity index (χ3v) is 4.01. The number of likely N-dealkylation sites (N-methyl/N-ethyl adjacent to an activating group) is 1. The summed E-state index contributed by atoms with van der Waals surface area (Å²) in [5.74, 6) is 0.576. The minimum Gasteiger partial charge on any atom is -0.394 e. The first-order valence-corrected chi connectivity index (χ1v) is 7.35. The summed E-state index contributed by atoms with van der Waals surface area (Å²) in [6.45, 7) is 3.28. The summed E-state index contributed by atoms with van der Waals surface area (Å²) in [4.78, 5) is 2.21. The zero-order valence-electron chi connectivity index (χ0n) is 12.3. The zero-order valence-corrected chi connectivity index (χ0v) is 12.3. The lowest BCUT2D eigenvalue weighted by Gasteiger charge is -2.35. The number of benzene rings is 1. The van der Waals surface area contributed by atoms with Gasteiger partial charge in [-0.15, -0.1) is 0 Å². The number of hydrogen-bond acceptors (Lipinski definition) is 4. The highest BCUT2D eigenvalue weighted by Gasteiger charge is 2.29. The summed E-state index contributed by atoms with van der Waals surface area (Å²) in [7, 11) is 2.06. The van der Waals surface area contributed by atoms with E-state index in [1.807, 2.05) is 30.3 Å². The third kappa shape index (κ3) is 4.03. The van der Waals surface area contributed by atoms with E-state index in [4.69, 9.17) is 10.5 Å². The Morgan fingerprint density at radius 2 is 2.15 bits per heavy atom. The number of aliphatic hydroxyl groups is 1. The van der Waals surface area contributed by atoms with Crippen LogP contribution in [0.5, 0.6) is 0 Å². The van der Waals surface area contributed by atoms with Gasteiger partial charge in [0.25, 0.3) is 0 Å². The van der Waals surface area contributed by atoms with Crippen LogP contribution in [0.15, 0.2) is 30.3 Å². The van der Waals surface area contributed by atoms with E-state index in [2.05, 4.69) is 11.9 Å². The highest BCUT2D eigenvalue weighted by atomic mass is 16.5. The predicted octanol–water partition coefficient (Wildman–Crippen LogP) is 1.19. The van der Waals surface area contributed by atoms with Crippen molar-refractivity contribution in [3.63, 3.8) is 0 Å². The number of ether oxygens (including phenoxy) is 1. The monoisotopic (exact) mass is 278 g/mol. The van der Waals surface area contributed by atoms with Crippen LogP contribution in [-0.4, -0.2) is 50.0 Å². The molecule has 4 nitrogen and oxygen atoms in total. The van der Waals surface area contributed by atoms with E-state index in [0.29, 0.717) is 12.5 Å². The molecule has 1 aliphatic rings. The van der Waals surface area contributed by atoms with Crippen LogP contribution in [0.3, 0.4) is 0 Å². The molecule has 1 aliphatic heterocycles. The molecule has 2 atom stereocenters. The molecule has 0 radical (unpaired) electrons. The summed E-state index contributed by atoms with van der Waals surface area (Å²) in [5, 5.41) is 9.72. The van der Waals surface area contributed by atoms with Gasteiger partial charge in [0.2, 0.25) is 0 Å². The van der Waals surface area contributed by atoms with Crippen molar-refractivity contribution in [3.05, 3.63) is 35.9 Å². The standard InChI is InChI=1S/C16H26N2O2/c1-18(10-14-6-5-9-20-11-14)12-16(17,13-19)15-7-3-2-4-8-15/h2-4,7-8,14,19H,5-6,9-13,17H2,1H3. The SMILES string of the molecule is CN(CC1CCCOC1)CC(N)(CO)c1ccccc1. The van der Waals surface area contributed by atoms with Gasteiger partial charge in [-0.1, -0.05) is 30.3 Å². The summed E-state index contributed by atoms with van der Waals surface area (Å²) in [5.41, 5.74) is 6.68. The maximum atomic E-state index is 9.72. The normalized spacial score (nSPS) is 22.7. The van der Waals surface area contributed by atoms with Crippen LogP contribution in [0.1, 0.15) is 18.4 Å². The molecule has 112 valence electrons. The Labute approximate surface area is 121 Å². The first-order chi connectivity index (χ1) is 9.64. The highest BCUT2D eigenvalue weighted by molar-refractivity contribution is 5.24. The van der Waals surface area contributed by atoms with Crippen LogP contribution >= 0.6 is 0 Å². The molecule has 2 rings (SSSR count). The fourth-order valence-corrected chi connectivity index (χ4v) is 2.94. The Kier molecular flexibility index (Phi) is 5.54. The Balaban J connectivity index is 1.94. The molecule has 0 saturated carbocycles. The maximum absolute atomic E-state index is 9.72. The van der Waals surface area contributed by atoms with Crippen LogP contribution in [0.4, 0.5) is 0 Å². The van der Waals surface area contributed by atoms with Crippen molar-refractivity contribution in [1.82, 2.24) is 4.90 Å². The number of nitrogens with two attached hydrogens (primary N) is 1. The van der Waals surface area contributed by atoms with Crippen molar-refractivity contribution in [3.8, 4) is 0 Å². The van der Waals surface area contributed by atoms with E-state index in [-0.39, 0.29) is 6.61 Å². The van der Waals surface area contributed by atoms with Gasteiger partial charge >= 0.3 is 0 Å². The van der Waals surface area contributed by atoms with Crippen LogP contribution < -0.4 is 5.73 Å². The molecule has 0 spiro atoms. The zero-order chi connectivity index (χ0) is 14.4. The average Bonchev–Trinajstić information content (AvgIpc) is 2.49. The summed E-state index contributed by atoms with van der Waals surface area (Å²) in [6, 6.07) is 9.84. The lowest BCUT2D eigenvalue weighted by molar-refractivity contribution is 0.0367. The molecule has 3 N–H and O–H groups in total. The molecule has 1 aromatic rings. The van der Waals surface area contributed by atoms with Crippen molar-refractivity contribution in [2.45, 2.75) is 18.4 Å². The second-order valence-electron chi connectivity index (χ2n) is 5.96. The van der Waals surface area contributed by atoms with Crippen LogP contribution in [0.2, 0.25) is 0 Å². The average molecular weight is 278 g/mol. The summed E-state index contributed by atoms with van der Waals surface area (Å²) >= 11 is 0. The lowest BCUT2D eigenvalue weighted by Crippen LogP contribution is -2.50. The molecule has 0 bridgehead atoms. The second kappa shape index (κ2) is 7.18. The highest BCUT2D eigenvalue weighted by Crippen LogP contribution is 2.20. The van der Waals surface area contributed by atoms with Crippen LogP contribution in [-0.2, 0) is 10.3 Å². The van der Waals surface area contributed by atoms with Gasteiger partial charge in [0, 0.05) is 19.7 Å². The Morgan fingerprint density at radius 1 is 1.40 bits per heavy atom. The van der Waals surface area contributed by atoms with Crippen molar-refractivity contribution < 1.29 is 9.84 Å². The maximum Gasteiger partial charge on any atom is 0.0772 e. The molecule has 2 unspecified atom stereocenters. The van der Waals surface area contributed by atoms with Crippen molar-refractivity contribution in [1.29, 1.82) is 0 Å². The van der Waals surface area contributed by atoms with Gasteiger partial charge in [-0.05, 0) is 31.4 Å². The summed E-state index contributed by atoms with van der Waals surface area (Å²) in [6.07, 6.45) is 2.36. The van der Waals surface area contributed by atoms with Gasteiger partial charge < -0.3 is 20.5 Å². The molecular weight excluding hydrogens is 252 g/mol. The molecule has 4 heteroatoms. The first-order valence-electron chi connectivity index (χ1n) is 7.35. The lowest BCUT2D eigenvalue weighted by atomic mass is 9.91. The predicted molar refractivity (Wildman–Crippen MR) is 80.4 cm³/mol. The molecule has 20 heavy (non-hydrogen) atoms. The smallest absolute Gasteiger partial charge is 0.0772 e. The topological polar surface area (TPSA) is 58.7 Å². The number of aliphatic hydroxyl groups excluding tert-OH is 1. The number of nitrogens with zero attached hydrogens (tertiary/aromatic N) is 1. The Hall–Kier alpha value is -0.940. The van der Waals surface area contributed by atoms with E-state index in [9.17, 15) is 5.11 Å². The quantitative estimate of drug-likeness (QED) is 0.821. The molecule has 0 aliphatic carbocycles. The molecular formula is C16H26N2O2. The minimum absolute atomic E-state index is 0.0531. The van der Waals surface area contributed by atoms with E-state index in [1.165, 1.54) is 6.42 Å². The van der Waals surface area contributed by atoms with E-state index in [1.54, 1.807) is 0 Å². The minimum atomic E-state index is -0.703. The van der Waals surface area contributed by atoms with Crippen LogP contribution in [0.25, 0.3) is 0 Å². The Bertz CT molecular complexity index is 393. The Morgan fingerprint density at radius 3 is 2.75 bits per heavy atom. The fraction of sp³-hybridized carbons (Fsp3) is 0.625. The van der Waals surface area contributed by atoms with E-state index < -0.39 is 5.54 Å². The van der Waals surface area contributed by atoms with Crippen molar-refractivity contribution in [2.75, 3.05) is 40.0 Å². The second-order valence-corrected chi connectivity index (χ2v) is 5.96. The van der Waals surface area contributed by atoms with Gasteiger partial charge in [-0.2, -0.15) is 0 Å². The van der Waals surface area contributed by atoms with Gasteiger partial charge in [0.05, 0.1) is 18.8 Å².